The van der Waals surface area contributed by atoms with Crippen molar-refractivity contribution < 1.29 is 27.8 Å². The number of carboxylic acids is 1. The molecule has 0 saturated carbocycles. The van der Waals surface area contributed by atoms with Gasteiger partial charge >= 0.3 is 17.8 Å². The molecule has 3 rings (SSSR count). The Kier molecular flexibility index (Phi) is 6.20. The van der Waals surface area contributed by atoms with Gasteiger partial charge in [0.25, 0.3) is 0 Å². The molecule has 0 saturated heterocycles. The van der Waals surface area contributed by atoms with Gasteiger partial charge in [-0.15, -0.1) is 11.8 Å². The summed E-state index contributed by atoms with van der Waals surface area (Å²) in [6.07, 6.45) is -3.55. The number of carboxylic acid groups (broad SMARTS) is 1. The van der Waals surface area contributed by atoms with Crippen molar-refractivity contribution in [2.45, 2.75) is 23.9 Å². The van der Waals surface area contributed by atoms with Crippen molar-refractivity contribution in [3.63, 3.8) is 0 Å². The van der Waals surface area contributed by atoms with E-state index >= 15 is 0 Å². The number of hydrogen-bond donors (Lipinski definition) is 1. The van der Waals surface area contributed by atoms with Crippen LogP contribution in [0.15, 0.2) is 58.5 Å². The second-order valence-corrected chi connectivity index (χ2v) is 7.20. The fourth-order valence-corrected chi connectivity index (χ4v) is 3.54. The molecule has 158 valence electrons. The Labute approximate surface area is 172 Å². The smallest absolute Gasteiger partial charge is 0.418 e. The van der Waals surface area contributed by atoms with E-state index < -0.39 is 30.0 Å². The van der Waals surface area contributed by atoms with Gasteiger partial charge in [-0.1, -0.05) is 12.1 Å². The normalized spacial score (nSPS) is 11.5. The molecular weight excluding hydrogens is 423 g/mol. The predicted octanol–water partition coefficient (Wildman–Crippen LogP) is 3.57. The standard InChI is InChI=1S/C19H16F3N3O4S/c1-12-8-13(6-7-16(12)29-9-17(26)27)30-11-25-18(28)24(10-23-25)15-5-3-2-4-14(15)19(20,21)22/h2-8,10H,9,11H2,1H3,(H,26,27). The van der Waals surface area contributed by atoms with Crippen LogP contribution in [0.4, 0.5) is 13.2 Å². The maximum atomic E-state index is 13.2. The van der Waals surface area contributed by atoms with Crippen LogP contribution in [0.2, 0.25) is 0 Å². The third kappa shape index (κ3) is 4.85. The Bertz CT molecular complexity index is 1120. The number of aryl methyl sites for hydroxylation is 1. The molecule has 0 aliphatic carbocycles. The summed E-state index contributed by atoms with van der Waals surface area (Å²) < 4.78 is 46.7. The highest BCUT2D eigenvalue weighted by Crippen LogP contribution is 2.33. The van der Waals surface area contributed by atoms with Gasteiger partial charge in [-0.25, -0.2) is 18.8 Å². The summed E-state index contributed by atoms with van der Waals surface area (Å²) in [6, 6.07) is 9.84. The van der Waals surface area contributed by atoms with Gasteiger partial charge in [0.1, 0.15) is 12.1 Å². The van der Waals surface area contributed by atoms with Crippen LogP contribution in [0.1, 0.15) is 11.1 Å². The van der Waals surface area contributed by atoms with Crippen LogP contribution in [0.3, 0.4) is 0 Å². The van der Waals surface area contributed by atoms with Gasteiger partial charge in [-0.2, -0.15) is 18.3 Å². The van der Waals surface area contributed by atoms with Gasteiger partial charge < -0.3 is 9.84 Å². The Morgan fingerprint density at radius 1 is 1.23 bits per heavy atom. The highest BCUT2D eigenvalue weighted by atomic mass is 32.2. The highest BCUT2D eigenvalue weighted by Gasteiger charge is 2.34. The van der Waals surface area contributed by atoms with E-state index in [-0.39, 0.29) is 11.6 Å². The number of thioether (sulfide) groups is 1. The number of benzene rings is 2. The molecule has 1 heterocycles. The summed E-state index contributed by atoms with van der Waals surface area (Å²) in [7, 11) is 0. The number of ether oxygens (including phenoxy) is 1. The molecule has 0 atom stereocenters. The molecule has 0 amide bonds. The fraction of sp³-hybridized carbons (Fsp3) is 0.211. The third-order valence-electron chi connectivity index (χ3n) is 4.05. The SMILES string of the molecule is Cc1cc(SCn2ncn(-c3ccccc3C(F)(F)F)c2=O)ccc1OCC(=O)O. The predicted molar refractivity (Wildman–Crippen MR) is 103 cm³/mol. The number of aromatic nitrogens is 3. The minimum atomic E-state index is -4.60. The quantitative estimate of drug-likeness (QED) is 0.567. The van der Waals surface area contributed by atoms with Crippen molar-refractivity contribution in [1.29, 1.82) is 0 Å². The lowest BCUT2D eigenvalue weighted by Gasteiger charge is -2.11. The first-order valence-electron chi connectivity index (χ1n) is 8.56. The average molecular weight is 439 g/mol. The van der Waals surface area contributed by atoms with Gasteiger partial charge in [-0.3, -0.25) is 0 Å². The second kappa shape index (κ2) is 8.66. The number of alkyl halides is 3. The summed E-state index contributed by atoms with van der Waals surface area (Å²) in [4.78, 5) is 23.9. The number of hydrogen-bond acceptors (Lipinski definition) is 5. The van der Waals surface area contributed by atoms with E-state index in [0.717, 1.165) is 26.5 Å². The summed E-state index contributed by atoms with van der Waals surface area (Å²) in [6.45, 7) is 1.29. The number of aliphatic carboxylic acids is 1. The van der Waals surface area contributed by atoms with Crippen molar-refractivity contribution in [2.75, 3.05) is 6.61 Å². The second-order valence-electron chi connectivity index (χ2n) is 6.18. The van der Waals surface area contributed by atoms with Crippen molar-refractivity contribution in [1.82, 2.24) is 14.3 Å². The molecular formula is C19H16F3N3O4S. The first-order valence-corrected chi connectivity index (χ1v) is 9.54. The lowest BCUT2D eigenvalue weighted by atomic mass is 10.1. The van der Waals surface area contributed by atoms with E-state index in [0.29, 0.717) is 11.3 Å². The van der Waals surface area contributed by atoms with Crippen molar-refractivity contribution in [2.24, 2.45) is 0 Å². The zero-order chi connectivity index (χ0) is 21.9. The van der Waals surface area contributed by atoms with E-state index in [4.69, 9.17) is 9.84 Å². The van der Waals surface area contributed by atoms with E-state index in [1.165, 1.54) is 30.0 Å². The van der Waals surface area contributed by atoms with Crippen LogP contribution in [-0.4, -0.2) is 32.0 Å². The molecule has 0 aliphatic heterocycles. The number of nitrogens with zero attached hydrogens (tertiary/aromatic N) is 3. The van der Waals surface area contributed by atoms with Crippen LogP contribution in [-0.2, 0) is 16.8 Å². The van der Waals surface area contributed by atoms with Gasteiger partial charge in [0, 0.05) is 4.90 Å². The van der Waals surface area contributed by atoms with Crippen molar-refractivity contribution in [3.05, 3.63) is 70.4 Å². The van der Waals surface area contributed by atoms with Crippen LogP contribution >= 0.6 is 11.8 Å². The zero-order valence-corrected chi connectivity index (χ0v) is 16.4. The number of para-hydroxylation sites is 1. The van der Waals surface area contributed by atoms with Crippen molar-refractivity contribution in [3.8, 4) is 11.4 Å². The average Bonchev–Trinajstić information content (AvgIpc) is 3.05. The molecule has 0 fully saturated rings. The molecule has 1 aromatic heterocycles. The summed E-state index contributed by atoms with van der Waals surface area (Å²) >= 11 is 1.25. The lowest BCUT2D eigenvalue weighted by molar-refractivity contribution is -0.139. The monoisotopic (exact) mass is 439 g/mol. The zero-order valence-electron chi connectivity index (χ0n) is 15.6. The maximum absolute atomic E-state index is 13.2. The molecule has 2 aromatic carbocycles. The first kappa shape index (κ1) is 21.5. The lowest BCUT2D eigenvalue weighted by Crippen LogP contribution is -2.25. The Morgan fingerprint density at radius 2 is 1.97 bits per heavy atom. The Morgan fingerprint density at radius 3 is 2.63 bits per heavy atom. The van der Waals surface area contributed by atoms with Gasteiger partial charge in [0.2, 0.25) is 0 Å². The fourth-order valence-electron chi connectivity index (χ4n) is 2.66. The molecule has 11 heteroatoms. The summed E-state index contributed by atoms with van der Waals surface area (Å²) in [5, 5.41) is 12.6. The molecule has 0 radical (unpaired) electrons. The Balaban J connectivity index is 1.77. The minimum absolute atomic E-state index is 0.0782. The maximum Gasteiger partial charge on any atom is 0.418 e. The molecule has 3 aromatic rings. The Hall–Kier alpha value is -3.21. The summed E-state index contributed by atoms with van der Waals surface area (Å²) in [5.41, 5.74) is -1.20. The van der Waals surface area contributed by atoms with E-state index in [1.54, 1.807) is 25.1 Å². The minimum Gasteiger partial charge on any atom is -0.482 e. The topological polar surface area (TPSA) is 86.4 Å². The first-order chi connectivity index (χ1) is 14.2. The van der Waals surface area contributed by atoms with Gasteiger partial charge in [-0.05, 0) is 42.8 Å². The molecule has 30 heavy (non-hydrogen) atoms. The molecule has 0 spiro atoms. The largest absolute Gasteiger partial charge is 0.482 e. The molecule has 7 nitrogen and oxygen atoms in total. The van der Waals surface area contributed by atoms with E-state index in [9.17, 15) is 22.8 Å². The third-order valence-corrected chi connectivity index (χ3v) is 5.01. The van der Waals surface area contributed by atoms with Crippen LogP contribution in [0, 0.1) is 6.92 Å². The number of halogens is 3. The van der Waals surface area contributed by atoms with Crippen LogP contribution in [0.25, 0.3) is 5.69 Å². The van der Waals surface area contributed by atoms with Gasteiger partial charge in [0.05, 0.1) is 17.1 Å². The molecule has 1 N–H and O–H groups in total. The highest BCUT2D eigenvalue weighted by molar-refractivity contribution is 7.98. The van der Waals surface area contributed by atoms with Crippen LogP contribution in [0.5, 0.6) is 5.75 Å². The van der Waals surface area contributed by atoms with Gasteiger partial charge in [0.15, 0.2) is 6.61 Å². The molecule has 0 bridgehead atoms. The number of rotatable bonds is 7. The van der Waals surface area contributed by atoms with Crippen molar-refractivity contribution >= 4 is 17.7 Å². The number of carbonyl (C=O) groups is 1. The van der Waals surface area contributed by atoms with E-state index in [1.807, 2.05) is 0 Å². The summed E-state index contributed by atoms with van der Waals surface area (Å²) in [5.74, 6) is -0.587. The molecule has 0 aliphatic rings. The molecule has 0 unspecified atom stereocenters. The van der Waals surface area contributed by atoms with Crippen LogP contribution < -0.4 is 10.4 Å². The van der Waals surface area contributed by atoms with E-state index in [2.05, 4.69) is 5.10 Å².